The maximum absolute atomic E-state index is 11.0. The number of nitrogens with one attached hydrogen (secondary N) is 2. The van der Waals surface area contributed by atoms with Gasteiger partial charge in [0.25, 0.3) is 5.91 Å². The molecule has 0 radical (unpaired) electrons. The Bertz CT molecular complexity index is 674. The summed E-state index contributed by atoms with van der Waals surface area (Å²) in [6.45, 7) is 4.14. The Kier molecular flexibility index (Phi) is 9.45. The molecular weight excluding hydrogens is 435 g/mol. The molecule has 2 rings (SSSR count). The number of para-hydroxylation sites is 1. The molecular formula is C17H23IN4O3. The number of nitrogens with zero attached hydrogens (tertiary/aromatic N) is 1. The fourth-order valence-electron chi connectivity index (χ4n) is 1.95. The van der Waals surface area contributed by atoms with E-state index in [1.807, 2.05) is 37.3 Å². The van der Waals surface area contributed by atoms with Crippen LogP contribution >= 0.6 is 24.0 Å². The molecule has 0 spiro atoms. The minimum atomic E-state index is -0.590. The van der Waals surface area contributed by atoms with E-state index in [4.69, 9.17) is 14.9 Å². The number of hydrogen-bond donors (Lipinski definition) is 3. The summed E-state index contributed by atoms with van der Waals surface area (Å²) in [6.07, 6.45) is 0. The Morgan fingerprint density at radius 3 is 2.60 bits per heavy atom. The van der Waals surface area contributed by atoms with Crippen molar-refractivity contribution in [2.45, 2.75) is 13.5 Å². The number of benzene rings is 1. The summed E-state index contributed by atoms with van der Waals surface area (Å²) in [6, 6.07) is 12.8. The highest BCUT2D eigenvalue weighted by atomic mass is 127. The maximum Gasteiger partial charge on any atom is 0.284 e. The lowest BCUT2D eigenvalue weighted by atomic mass is 10.3. The van der Waals surface area contributed by atoms with Crippen LogP contribution in [0.5, 0.6) is 5.75 Å². The third-order valence-corrected chi connectivity index (χ3v) is 3.05. The average molecular weight is 458 g/mol. The summed E-state index contributed by atoms with van der Waals surface area (Å²) < 4.78 is 10.9. The highest BCUT2D eigenvalue weighted by Crippen LogP contribution is 2.08. The fourth-order valence-corrected chi connectivity index (χ4v) is 1.95. The van der Waals surface area contributed by atoms with Gasteiger partial charge in [-0.1, -0.05) is 18.2 Å². The maximum atomic E-state index is 11.0. The number of carbonyl (C=O) groups is 1. The Morgan fingerprint density at radius 2 is 1.96 bits per heavy atom. The van der Waals surface area contributed by atoms with Gasteiger partial charge in [-0.25, -0.2) is 4.99 Å². The first-order valence-electron chi connectivity index (χ1n) is 7.77. The monoisotopic (exact) mass is 458 g/mol. The van der Waals surface area contributed by atoms with Gasteiger partial charge in [-0.15, -0.1) is 24.0 Å². The van der Waals surface area contributed by atoms with Gasteiger partial charge < -0.3 is 25.5 Å². The van der Waals surface area contributed by atoms with E-state index < -0.39 is 5.91 Å². The summed E-state index contributed by atoms with van der Waals surface area (Å²) in [7, 11) is 0. The van der Waals surface area contributed by atoms with Crippen LogP contribution in [0, 0.1) is 0 Å². The van der Waals surface area contributed by atoms with Gasteiger partial charge in [-0.3, -0.25) is 4.79 Å². The molecule has 0 atom stereocenters. The Balaban J connectivity index is 0.00000312. The summed E-state index contributed by atoms with van der Waals surface area (Å²) in [5.41, 5.74) is 5.15. The van der Waals surface area contributed by atoms with Crippen LogP contribution in [-0.4, -0.2) is 31.6 Å². The number of nitrogens with two attached hydrogens (primary N) is 1. The molecule has 25 heavy (non-hydrogen) atoms. The van der Waals surface area contributed by atoms with E-state index in [2.05, 4.69) is 15.6 Å². The Morgan fingerprint density at radius 1 is 1.20 bits per heavy atom. The predicted molar refractivity (Wildman–Crippen MR) is 107 cm³/mol. The second-order valence-electron chi connectivity index (χ2n) is 4.91. The number of carbonyl (C=O) groups excluding carboxylic acids is 1. The molecule has 0 saturated heterocycles. The molecule has 0 bridgehead atoms. The molecule has 1 heterocycles. The second kappa shape index (κ2) is 11.3. The lowest BCUT2D eigenvalue weighted by Gasteiger charge is -2.11. The normalized spacial score (nSPS) is 10.7. The third kappa shape index (κ3) is 7.46. The van der Waals surface area contributed by atoms with Crippen molar-refractivity contribution in [1.29, 1.82) is 0 Å². The van der Waals surface area contributed by atoms with E-state index in [-0.39, 0.29) is 29.7 Å². The molecule has 2 aromatic rings. The highest BCUT2D eigenvalue weighted by Gasteiger charge is 2.06. The molecule has 8 heteroatoms. The highest BCUT2D eigenvalue weighted by molar-refractivity contribution is 14.0. The number of amides is 1. The van der Waals surface area contributed by atoms with E-state index in [0.29, 0.717) is 31.4 Å². The number of guanidine groups is 1. The van der Waals surface area contributed by atoms with Crippen LogP contribution in [0.15, 0.2) is 51.9 Å². The van der Waals surface area contributed by atoms with Crippen LogP contribution in [0.1, 0.15) is 23.2 Å². The molecule has 0 aliphatic heterocycles. The number of halogens is 1. The van der Waals surface area contributed by atoms with Gasteiger partial charge >= 0.3 is 0 Å². The number of hydrogen-bond acceptors (Lipinski definition) is 4. The van der Waals surface area contributed by atoms with Crippen LogP contribution in [0.25, 0.3) is 0 Å². The lowest BCUT2D eigenvalue weighted by Crippen LogP contribution is -2.39. The first kappa shape index (κ1) is 20.8. The molecule has 4 N–H and O–H groups in total. The first-order valence-corrected chi connectivity index (χ1v) is 7.77. The molecule has 0 fully saturated rings. The summed E-state index contributed by atoms with van der Waals surface area (Å²) in [5.74, 6) is 1.59. The first-order chi connectivity index (χ1) is 11.7. The van der Waals surface area contributed by atoms with Gasteiger partial charge in [0.05, 0.1) is 6.54 Å². The minimum absolute atomic E-state index is 0. The molecule has 1 aromatic carbocycles. The van der Waals surface area contributed by atoms with Crippen molar-refractivity contribution in [3.8, 4) is 5.75 Å². The average Bonchev–Trinajstić information content (AvgIpc) is 3.06. The van der Waals surface area contributed by atoms with E-state index in [9.17, 15) is 4.79 Å². The van der Waals surface area contributed by atoms with Crippen molar-refractivity contribution in [1.82, 2.24) is 10.6 Å². The van der Waals surface area contributed by atoms with Gasteiger partial charge in [0.2, 0.25) is 0 Å². The zero-order valence-electron chi connectivity index (χ0n) is 14.0. The smallest absolute Gasteiger partial charge is 0.284 e. The van der Waals surface area contributed by atoms with Crippen molar-refractivity contribution >= 4 is 35.8 Å². The van der Waals surface area contributed by atoms with Crippen molar-refractivity contribution in [2.24, 2.45) is 10.7 Å². The summed E-state index contributed by atoms with van der Waals surface area (Å²) in [4.78, 5) is 15.4. The number of furan rings is 1. The molecule has 0 aliphatic carbocycles. The number of ether oxygens (including phenoxy) is 1. The third-order valence-electron chi connectivity index (χ3n) is 3.05. The SMILES string of the molecule is CCNC(=NCc1ccc(C(N)=O)o1)NCCOc1ccccc1.I. The van der Waals surface area contributed by atoms with E-state index in [1.54, 1.807) is 12.1 Å². The molecule has 136 valence electrons. The van der Waals surface area contributed by atoms with Crippen LogP contribution in [0.3, 0.4) is 0 Å². The van der Waals surface area contributed by atoms with Crippen LogP contribution in [-0.2, 0) is 6.54 Å². The van der Waals surface area contributed by atoms with Gasteiger partial charge in [0.1, 0.15) is 24.7 Å². The van der Waals surface area contributed by atoms with E-state index in [0.717, 1.165) is 12.3 Å². The quantitative estimate of drug-likeness (QED) is 0.244. The van der Waals surface area contributed by atoms with Gasteiger partial charge in [-0.05, 0) is 31.2 Å². The van der Waals surface area contributed by atoms with Gasteiger partial charge in [-0.2, -0.15) is 0 Å². The predicted octanol–water partition coefficient (Wildman–Crippen LogP) is 2.13. The van der Waals surface area contributed by atoms with Crippen LogP contribution in [0.2, 0.25) is 0 Å². The fraction of sp³-hybridized carbons (Fsp3) is 0.294. The molecule has 0 aliphatic rings. The van der Waals surface area contributed by atoms with Crippen LogP contribution in [0.4, 0.5) is 0 Å². The molecule has 7 nitrogen and oxygen atoms in total. The summed E-state index contributed by atoms with van der Waals surface area (Å²) >= 11 is 0. The molecule has 1 amide bonds. The number of primary amides is 1. The number of rotatable bonds is 8. The van der Waals surface area contributed by atoms with Crippen molar-refractivity contribution in [3.05, 3.63) is 54.0 Å². The summed E-state index contributed by atoms with van der Waals surface area (Å²) in [5, 5.41) is 6.30. The lowest BCUT2D eigenvalue weighted by molar-refractivity contribution is 0.0972. The topological polar surface area (TPSA) is 102 Å². The zero-order chi connectivity index (χ0) is 17.2. The molecule has 0 saturated carbocycles. The van der Waals surface area contributed by atoms with Gasteiger partial charge in [0, 0.05) is 6.54 Å². The molecule has 1 aromatic heterocycles. The zero-order valence-corrected chi connectivity index (χ0v) is 16.4. The number of aliphatic imine (C=N–C) groups is 1. The van der Waals surface area contributed by atoms with Crippen molar-refractivity contribution in [2.75, 3.05) is 19.7 Å². The van der Waals surface area contributed by atoms with Crippen molar-refractivity contribution < 1.29 is 13.9 Å². The second-order valence-corrected chi connectivity index (χ2v) is 4.91. The van der Waals surface area contributed by atoms with E-state index >= 15 is 0 Å². The molecule has 0 unspecified atom stereocenters. The standard InChI is InChI=1S/C17H22N4O3.HI/c1-2-19-17(20-10-11-23-13-6-4-3-5-7-13)21-12-14-8-9-15(24-14)16(18)22;/h3-9H,2,10-12H2,1H3,(H2,18,22)(H2,19,20,21);1H. The van der Waals surface area contributed by atoms with Gasteiger partial charge in [0.15, 0.2) is 11.7 Å². The largest absolute Gasteiger partial charge is 0.492 e. The van der Waals surface area contributed by atoms with Crippen LogP contribution < -0.4 is 21.1 Å². The van der Waals surface area contributed by atoms with Crippen molar-refractivity contribution in [3.63, 3.8) is 0 Å². The minimum Gasteiger partial charge on any atom is -0.492 e. The Hall–Kier alpha value is -2.23. The Labute approximate surface area is 164 Å². The van der Waals surface area contributed by atoms with E-state index in [1.165, 1.54) is 0 Å².